The first kappa shape index (κ1) is 12.4. The molecule has 1 atom stereocenters. The Morgan fingerprint density at radius 2 is 1.88 bits per heavy atom. The smallest absolute Gasteiger partial charge is 0.244 e. The summed E-state index contributed by atoms with van der Waals surface area (Å²) in [4.78, 5) is 0.324. The molecule has 17 heavy (non-hydrogen) atoms. The molecular weight excluding hydrogens is 236 g/mol. The number of anilines is 1. The van der Waals surface area contributed by atoms with Crippen LogP contribution < -0.4 is 10.0 Å². The maximum Gasteiger partial charge on any atom is 0.244 e. The molecule has 0 aliphatic carbocycles. The van der Waals surface area contributed by atoms with Gasteiger partial charge in [0.05, 0.1) is 11.9 Å². The Morgan fingerprint density at radius 3 is 2.53 bits per heavy atom. The van der Waals surface area contributed by atoms with Gasteiger partial charge in [0.1, 0.15) is 4.90 Å². The normalized spacial score (nSPS) is 22.6. The summed E-state index contributed by atoms with van der Waals surface area (Å²) in [6.07, 6.45) is 0.496. The number of hydrogen-bond donors (Lipinski definition) is 2. The zero-order valence-corrected chi connectivity index (χ0v) is 11.1. The van der Waals surface area contributed by atoms with Crippen LogP contribution in [0.25, 0.3) is 0 Å². The Morgan fingerprint density at radius 1 is 1.24 bits per heavy atom. The molecule has 0 radical (unpaired) electrons. The van der Waals surface area contributed by atoms with Gasteiger partial charge >= 0.3 is 0 Å². The van der Waals surface area contributed by atoms with Crippen molar-refractivity contribution in [2.75, 3.05) is 5.32 Å². The number of hydrogen-bond acceptors (Lipinski definition) is 3. The Kier molecular flexibility index (Phi) is 2.91. The molecule has 1 aromatic carbocycles. The van der Waals surface area contributed by atoms with Crippen molar-refractivity contribution in [3.63, 3.8) is 0 Å². The van der Waals surface area contributed by atoms with Crippen molar-refractivity contribution < 1.29 is 8.42 Å². The molecule has 2 rings (SSSR count). The van der Waals surface area contributed by atoms with E-state index in [2.05, 4.69) is 30.8 Å². The topological polar surface area (TPSA) is 58.2 Å². The van der Waals surface area contributed by atoms with E-state index in [1.165, 1.54) is 0 Å². The Labute approximate surface area is 102 Å². The van der Waals surface area contributed by atoms with Gasteiger partial charge in [0.25, 0.3) is 0 Å². The molecule has 4 nitrogen and oxygen atoms in total. The molecular formula is C12H18N2O2S. The minimum Gasteiger partial charge on any atom is -0.368 e. The maximum atomic E-state index is 12.0. The van der Waals surface area contributed by atoms with Crippen molar-refractivity contribution in [2.24, 2.45) is 5.41 Å². The highest BCUT2D eigenvalue weighted by atomic mass is 32.2. The SMILES string of the molecule is CC(C)(C)CC1Nc2ccccc2S(=O)(=O)N1. The number of fused-ring (bicyclic) bond motifs is 1. The van der Waals surface area contributed by atoms with E-state index in [1.54, 1.807) is 18.2 Å². The molecule has 0 aromatic heterocycles. The van der Waals surface area contributed by atoms with Crippen LogP contribution >= 0.6 is 0 Å². The molecule has 2 N–H and O–H groups in total. The zero-order chi connectivity index (χ0) is 12.7. The second-order valence-corrected chi connectivity index (χ2v) is 7.26. The molecule has 0 saturated carbocycles. The van der Waals surface area contributed by atoms with Crippen LogP contribution in [0.1, 0.15) is 27.2 Å². The van der Waals surface area contributed by atoms with Crippen molar-refractivity contribution in [1.82, 2.24) is 4.72 Å². The van der Waals surface area contributed by atoms with Crippen molar-refractivity contribution in [3.05, 3.63) is 24.3 Å². The first-order valence-corrected chi connectivity index (χ1v) is 7.14. The van der Waals surface area contributed by atoms with Crippen LogP contribution in [0.4, 0.5) is 5.69 Å². The van der Waals surface area contributed by atoms with Crippen molar-refractivity contribution >= 4 is 15.7 Å². The molecule has 0 bridgehead atoms. The quantitative estimate of drug-likeness (QED) is 0.807. The number of nitrogens with one attached hydrogen (secondary N) is 2. The average molecular weight is 254 g/mol. The van der Waals surface area contributed by atoms with Crippen LogP contribution in [0.3, 0.4) is 0 Å². The summed E-state index contributed by atoms with van der Waals surface area (Å²) in [5, 5.41) is 3.22. The molecule has 1 aliphatic rings. The van der Waals surface area contributed by atoms with E-state index in [4.69, 9.17) is 0 Å². The van der Waals surface area contributed by atoms with Crippen LogP contribution in [0.5, 0.6) is 0 Å². The Hall–Kier alpha value is -1.07. The van der Waals surface area contributed by atoms with Gasteiger partial charge in [-0.3, -0.25) is 0 Å². The fourth-order valence-electron chi connectivity index (χ4n) is 1.99. The highest BCUT2D eigenvalue weighted by molar-refractivity contribution is 7.89. The second kappa shape index (κ2) is 3.99. The first-order chi connectivity index (χ1) is 7.78. The van der Waals surface area contributed by atoms with Gasteiger partial charge in [0.15, 0.2) is 0 Å². The molecule has 1 aliphatic heterocycles. The van der Waals surface area contributed by atoms with Crippen LogP contribution in [0.2, 0.25) is 0 Å². The predicted octanol–water partition coefficient (Wildman–Crippen LogP) is 2.15. The molecule has 1 heterocycles. The van der Waals surface area contributed by atoms with E-state index >= 15 is 0 Å². The molecule has 5 heteroatoms. The lowest BCUT2D eigenvalue weighted by atomic mass is 9.91. The van der Waals surface area contributed by atoms with Crippen molar-refractivity contribution in [1.29, 1.82) is 0 Å². The van der Waals surface area contributed by atoms with Gasteiger partial charge in [-0.1, -0.05) is 32.9 Å². The van der Waals surface area contributed by atoms with Crippen LogP contribution in [0.15, 0.2) is 29.2 Å². The van der Waals surface area contributed by atoms with E-state index in [1.807, 2.05) is 6.07 Å². The van der Waals surface area contributed by atoms with Gasteiger partial charge in [-0.15, -0.1) is 0 Å². The maximum absolute atomic E-state index is 12.0. The van der Waals surface area contributed by atoms with Gasteiger partial charge in [-0.25, -0.2) is 8.42 Å². The minimum atomic E-state index is -3.38. The van der Waals surface area contributed by atoms with E-state index in [0.29, 0.717) is 10.6 Å². The lowest BCUT2D eigenvalue weighted by molar-refractivity contribution is 0.340. The third-order valence-corrected chi connectivity index (χ3v) is 4.15. The molecule has 1 aromatic rings. The molecule has 0 fully saturated rings. The molecule has 0 amide bonds. The number of sulfonamides is 1. The summed E-state index contributed by atoms with van der Waals surface area (Å²) in [5.74, 6) is 0. The van der Waals surface area contributed by atoms with E-state index in [0.717, 1.165) is 6.42 Å². The van der Waals surface area contributed by atoms with Gasteiger partial charge < -0.3 is 5.32 Å². The number of rotatable bonds is 1. The van der Waals surface area contributed by atoms with E-state index in [-0.39, 0.29) is 11.6 Å². The Bertz CT molecular complexity index is 518. The van der Waals surface area contributed by atoms with Gasteiger partial charge in [-0.05, 0) is 24.0 Å². The zero-order valence-electron chi connectivity index (χ0n) is 10.3. The van der Waals surface area contributed by atoms with Gasteiger partial charge in [0, 0.05) is 0 Å². The molecule has 1 unspecified atom stereocenters. The highest BCUT2D eigenvalue weighted by Gasteiger charge is 2.30. The average Bonchev–Trinajstić information content (AvgIpc) is 2.13. The van der Waals surface area contributed by atoms with Crippen LogP contribution in [-0.2, 0) is 10.0 Å². The number of benzene rings is 1. The van der Waals surface area contributed by atoms with E-state index < -0.39 is 10.0 Å². The fraction of sp³-hybridized carbons (Fsp3) is 0.500. The first-order valence-electron chi connectivity index (χ1n) is 5.66. The van der Waals surface area contributed by atoms with E-state index in [9.17, 15) is 8.42 Å². The largest absolute Gasteiger partial charge is 0.368 e. The third-order valence-electron chi connectivity index (χ3n) is 2.62. The summed E-state index contributed by atoms with van der Waals surface area (Å²) in [5.41, 5.74) is 0.743. The second-order valence-electron chi connectivity index (χ2n) is 5.58. The van der Waals surface area contributed by atoms with Gasteiger partial charge in [-0.2, -0.15) is 4.72 Å². The summed E-state index contributed by atoms with van der Waals surface area (Å²) in [6, 6.07) is 6.96. The standard InChI is InChI=1S/C12H18N2O2S/c1-12(2,3)8-11-13-9-6-4-5-7-10(9)17(15,16)14-11/h4-7,11,13-14H,8H2,1-3H3. The van der Waals surface area contributed by atoms with Gasteiger partial charge in [0.2, 0.25) is 10.0 Å². The van der Waals surface area contributed by atoms with Crippen molar-refractivity contribution in [3.8, 4) is 0 Å². The molecule has 0 spiro atoms. The lowest BCUT2D eigenvalue weighted by Crippen LogP contribution is -2.46. The van der Waals surface area contributed by atoms with Crippen molar-refractivity contribution in [2.45, 2.75) is 38.3 Å². The lowest BCUT2D eigenvalue weighted by Gasteiger charge is -2.32. The summed E-state index contributed by atoms with van der Waals surface area (Å²) in [6.45, 7) is 6.26. The Balaban J connectivity index is 2.32. The van der Waals surface area contributed by atoms with Crippen LogP contribution in [0, 0.1) is 5.41 Å². The fourth-order valence-corrected chi connectivity index (χ4v) is 3.31. The predicted molar refractivity (Wildman–Crippen MR) is 68.2 cm³/mol. The van der Waals surface area contributed by atoms with Crippen LogP contribution in [-0.4, -0.2) is 14.6 Å². The summed E-state index contributed by atoms with van der Waals surface area (Å²) < 4.78 is 26.7. The number of para-hydroxylation sites is 1. The third kappa shape index (κ3) is 2.79. The summed E-state index contributed by atoms with van der Waals surface area (Å²) >= 11 is 0. The minimum absolute atomic E-state index is 0.0620. The highest BCUT2D eigenvalue weighted by Crippen LogP contribution is 2.29. The monoisotopic (exact) mass is 254 g/mol. The summed E-state index contributed by atoms with van der Waals surface area (Å²) in [7, 11) is -3.38. The molecule has 94 valence electrons. The molecule has 0 saturated heterocycles.